The van der Waals surface area contributed by atoms with Gasteiger partial charge in [-0.05, 0) is 54.7 Å². The molecule has 1 aliphatic heterocycles. The van der Waals surface area contributed by atoms with Crippen LogP contribution in [-0.4, -0.2) is 28.9 Å². The average Bonchev–Trinajstić information content (AvgIpc) is 3.27. The lowest BCUT2D eigenvalue weighted by molar-refractivity contribution is -0.128. The van der Waals surface area contributed by atoms with E-state index in [4.69, 9.17) is 0 Å². The van der Waals surface area contributed by atoms with Gasteiger partial charge in [0.15, 0.2) is 0 Å². The molecule has 4 N–H and O–H groups in total. The van der Waals surface area contributed by atoms with Gasteiger partial charge in [-0.15, -0.1) is 12.4 Å². The SMILES string of the molecule is Cc1ccc(NC(=O)[C@H](Cc2c[nH]c3ccccc23)NC(=O)[C@@H]2Cc3ccccc3CN2)c(C)c1.Cl. The number of anilines is 1. The summed E-state index contributed by atoms with van der Waals surface area (Å²) in [4.78, 5) is 30.1. The largest absolute Gasteiger partial charge is 0.361 e. The van der Waals surface area contributed by atoms with Gasteiger partial charge < -0.3 is 20.9 Å². The van der Waals surface area contributed by atoms with Crippen molar-refractivity contribution in [3.05, 3.63) is 101 Å². The number of rotatable bonds is 6. The molecule has 1 aliphatic rings. The van der Waals surface area contributed by atoms with Crippen LogP contribution in [0.3, 0.4) is 0 Å². The molecule has 186 valence electrons. The summed E-state index contributed by atoms with van der Waals surface area (Å²) in [5, 5.41) is 10.5. The molecule has 3 aromatic carbocycles. The lowest BCUT2D eigenvalue weighted by Gasteiger charge is -2.27. The molecule has 0 spiro atoms. The van der Waals surface area contributed by atoms with Crippen molar-refractivity contribution in [3.8, 4) is 0 Å². The van der Waals surface area contributed by atoms with Crippen molar-refractivity contribution in [1.29, 1.82) is 0 Å². The maximum Gasteiger partial charge on any atom is 0.247 e. The molecule has 0 saturated heterocycles. The minimum Gasteiger partial charge on any atom is -0.361 e. The van der Waals surface area contributed by atoms with Crippen LogP contribution in [0, 0.1) is 13.8 Å². The second kappa shape index (κ2) is 11.0. The number of carbonyl (C=O) groups is 2. The molecule has 7 heteroatoms. The van der Waals surface area contributed by atoms with E-state index < -0.39 is 6.04 Å². The molecule has 0 saturated carbocycles. The monoisotopic (exact) mass is 502 g/mol. The van der Waals surface area contributed by atoms with E-state index in [0.29, 0.717) is 19.4 Å². The minimum atomic E-state index is -0.721. The second-order valence-corrected chi connectivity index (χ2v) is 9.34. The zero-order valence-corrected chi connectivity index (χ0v) is 21.2. The molecule has 0 fully saturated rings. The molecule has 5 rings (SSSR count). The number of para-hydroxylation sites is 1. The van der Waals surface area contributed by atoms with E-state index in [1.165, 1.54) is 11.1 Å². The molecular formula is C29H31ClN4O2. The highest BCUT2D eigenvalue weighted by Crippen LogP contribution is 2.22. The number of fused-ring (bicyclic) bond motifs is 2. The topological polar surface area (TPSA) is 86.0 Å². The minimum absolute atomic E-state index is 0. The number of amides is 2. The first-order valence-electron chi connectivity index (χ1n) is 12.0. The Bertz CT molecular complexity index is 1400. The number of aromatic nitrogens is 1. The number of hydrogen-bond acceptors (Lipinski definition) is 3. The molecule has 2 atom stereocenters. The third-order valence-electron chi connectivity index (χ3n) is 6.77. The van der Waals surface area contributed by atoms with Crippen molar-refractivity contribution in [2.45, 2.75) is 45.3 Å². The van der Waals surface area contributed by atoms with E-state index in [-0.39, 0.29) is 30.3 Å². The molecule has 0 unspecified atom stereocenters. The average molecular weight is 503 g/mol. The summed E-state index contributed by atoms with van der Waals surface area (Å²) in [5.74, 6) is -0.396. The molecule has 0 aliphatic carbocycles. The van der Waals surface area contributed by atoms with Crippen molar-refractivity contribution in [2.75, 3.05) is 5.32 Å². The van der Waals surface area contributed by atoms with Gasteiger partial charge >= 0.3 is 0 Å². The Hall–Kier alpha value is -3.61. The summed E-state index contributed by atoms with van der Waals surface area (Å²) in [5.41, 5.74) is 7.24. The summed E-state index contributed by atoms with van der Waals surface area (Å²) < 4.78 is 0. The Morgan fingerprint density at radius 1 is 1.00 bits per heavy atom. The Kier molecular flexibility index (Phi) is 7.77. The van der Waals surface area contributed by atoms with Crippen LogP contribution in [0.4, 0.5) is 5.69 Å². The van der Waals surface area contributed by atoms with Crippen LogP contribution in [0.5, 0.6) is 0 Å². The van der Waals surface area contributed by atoms with Gasteiger partial charge in [0, 0.05) is 35.8 Å². The smallest absolute Gasteiger partial charge is 0.247 e. The van der Waals surface area contributed by atoms with E-state index in [0.717, 1.165) is 33.3 Å². The van der Waals surface area contributed by atoms with Crippen LogP contribution in [-0.2, 0) is 29.0 Å². The van der Waals surface area contributed by atoms with Crippen molar-refractivity contribution in [2.24, 2.45) is 0 Å². The number of carbonyl (C=O) groups excluding carboxylic acids is 2. The van der Waals surface area contributed by atoms with E-state index in [9.17, 15) is 9.59 Å². The van der Waals surface area contributed by atoms with Crippen LogP contribution in [0.15, 0.2) is 72.9 Å². The normalized spacial score (nSPS) is 15.4. The number of aromatic amines is 1. The van der Waals surface area contributed by atoms with Crippen LogP contribution in [0.25, 0.3) is 10.9 Å². The Morgan fingerprint density at radius 3 is 2.56 bits per heavy atom. The summed E-state index contributed by atoms with van der Waals surface area (Å²) in [6.45, 7) is 4.63. The second-order valence-electron chi connectivity index (χ2n) is 9.34. The van der Waals surface area contributed by atoms with Crippen molar-refractivity contribution >= 4 is 40.8 Å². The molecule has 1 aromatic heterocycles. The summed E-state index contributed by atoms with van der Waals surface area (Å²) >= 11 is 0. The number of benzene rings is 3. The van der Waals surface area contributed by atoms with Crippen LogP contribution >= 0.6 is 12.4 Å². The molecule has 0 radical (unpaired) electrons. The lowest BCUT2D eigenvalue weighted by atomic mass is 9.95. The first kappa shape index (κ1) is 25.5. The van der Waals surface area contributed by atoms with E-state index >= 15 is 0 Å². The highest BCUT2D eigenvalue weighted by atomic mass is 35.5. The molecule has 6 nitrogen and oxygen atoms in total. The zero-order chi connectivity index (χ0) is 24.4. The predicted molar refractivity (Wildman–Crippen MR) is 147 cm³/mol. The molecule has 2 heterocycles. The fraction of sp³-hybridized carbons (Fsp3) is 0.241. The summed E-state index contributed by atoms with van der Waals surface area (Å²) in [7, 11) is 0. The van der Waals surface area contributed by atoms with Gasteiger partial charge in [0.25, 0.3) is 0 Å². The third kappa shape index (κ3) is 5.45. The fourth-order valence-electron chi connectivity index (χ4n) is 4.82. The first-order valence-corrected chi connectivity index (χ1v) is 12.0. The summed E-state index contributed by atoms with van der Waals surface area (Å²) in [6.07, 6.45) is 2.90. The standard InChI is InChI=1S/C29H30N4O2.ClH/c1-18-11-12-24(19(2)13-18)32-29(35)27(15-22-17-30-25-10-6-5-9-23(22)25)33-28(34)26-14-20-7-3-4-8-21(20)16-31-26;/h3-13,17,26-27,30-31H,14-16H2,1-2H3,(H,32,35)(H,33,34);1H/t26-,27-;/m0./s1. The first-order chi connectivity index (χ1) is 17.0. The zero-order valence-electron chi connectivity index (χ0n) is 20.4. The van der Waals surface area contributed by atoms with Crippen molar-refractivity contribution in [1.82, 2.24) is 15.6 Å². The van der Waals surface area contributed by atoms with Crippen LogP contribution in [0.1, 0.15) is 27.8 Å². The van der Waals surface area contributed by atoms with Crippen molar-refractivity contribution in [3.63, 3.8) is 0 Å². The highest BCUT2D eigenvalue weighted by molar-refractivity contribution is 5.99. The molecule has 4 aromatic rings. The quantitative estimate of drug-likeness (QED) is 0.311. The third-order valence-corrected chi connectivity index (χ3v) is 6.77. The predicted octanol–water partition coefficient (Wildman–Crippen LogP) is 4.59. The highest BCUT2D eigenvalue weighted by Gasteiger charge is 2.29. The summed E-state index contributed by atoms with van der Waals surface area (Å²) in [6, 6.07) is 20.9. The molecule has 0 bridgehead atoms. The van der Waals surface area contributed by atoms with Gasteiger partial charge in [0.2, 0.25) is 11.8 Å². The number of halogens is 1. The number of hydrogen-bond donors (Lipinski definition) is 4. The van der Waals surface area contributed by atoms with Crippen molar-refractivity contribution < 1.29 is 9.59 Å². The van der Waals surface area contributed by atoms with Gasteiger partial charge in [-0.2, -0.15) is 0 Å². The molecule has 2 amide bonds. The van der Waals surface area contributed by atoms with Gasteiger partial charge in [0.1, 0.15) is 6.04 Å². The number of aryl methyl sites for hydroxylation is 2. The van der Waals surface area contributed by atoms with Crippen LogP contribution in [0.2, 0.25) is 0 Å². The molecule has 36 heavy (non-hydrogen) atoms. The molecular weight excluding hydrogens is 472 g/mol. The van der Waals surface area contributed by atoms with Gasteiger partial charge in [-0.25, -0.2) is 0 Å². The lowest BCUT2D eigenvalue weighted by Crippen LogP contribution is -2.53. The van der Waals surface area contributed by atoms with E-state index in [2.05, 4.69) is 33.1 Å². The maximum atomic E-state index is 13.5. The van der Waals surface area contributed by atoms with Gasteiger partial charge in [-0.3, -0.25) is 9.59 Å². The van der Waals surface area contributed by atoms with Crippen LogP contribution < -0.4 is 16.0 Å². The maximum absolute atomic E-state index is 13.5. The Labute approximate surface area is 217 Å². The Morgan fingerprint density at radius 2 is 1.75 bits per heavy atom. The van der Waals surface area contributed by atoms with Gasteiger partial charge in [-0.1, -0.05) is 60.2 Å². The number of nitrogens with one attached hydrogen (secondary N) is 4. The number of H-pyrrole nitrogens is 1. The Balaban J connectivity index is 0.00000304. The fourth-order valence-corrected chi connectivity index (χ4v) is 4.82. The van der Waals surface area contributed by atoms with Gasteiger partial charge in [0.05, 0.1) is 6.04 Å². The van der Waals surface area contributed by atoms with E-state index in [1.807, 2.05) is 74.6 Å². The van der Waals surface area contributed by atoms with E-state index in [1.54, 1.807) is 0 Å².